The standard InChI is InChI=1S/C15H15N3O3/c19-14(17-8-6-11(10-17)15(20)21)13-7-9-18(16-13)12-4-2-1-3-5-12/h1-5,7,9,11H,6,8,10H2,(H,20,21). The Bertz CT molecular complexity index is 666. The molecule has 1 saturated heterocycles. The van der Waals surface area contributed by atoms with Gasteiger partial charge in [-0.1, -0.05) is 18.2 Å². The highest BCUT2D eigenvalue weighted by atomic mass is 16.4. The van der Waals surface area contributed by atoms with Crippen LogP contribution in [0.25, 0.3) is 5.69 Å². The van der Waals surface area contributed by atoms with Crippen LogP contribution in [0.3, 0.4) is 0 Å². The number of nitrogens with zero attached hydrogens (tertiary/aromatic N) is 3. The molecule has 0 saturated carbocycles. The third-order valence-electron chi connectivity index (χ3n) is 3.65. The highest BCUT2D eigenvalue weighted by molar-refractivity contribution is 5.93. The van der Waals surface area contributed by atoms with Crippen LogP contribution < -0.4 is 0 Å². The summed E-state index contributed by atoms with van der Waals surface area (Å²) in [6.45, 7) is 0.723. The topological polar surface area (TPSA) is 75.4 Å². The van der Waals surface area contributed by atoms with Crippen LogP contribution in [0.2, 0.25) is 0 Å². The monoisotopic (exact) mass is 285 g/mol. The number of aromatic nitrogens is 2. The molecule has 2 aromatic rings. The number of hydrogen-bond donors (Lipinski definition) is 1. The number of carboxylic acid groups (broad SMARTS) is 1. The lowest BCUT2D eigenvalue weighted by Crippen LogP contribution is -2.30. The van der Waals surface area contributed by atoms with Gasteiger partial charge in [-0.05, 0) is 24.6 Å². The molecule has 1 aromatic heterocycles. The molecule has 2 heterocycles. The number of carboxylic acids is 1. The third-order valence-corrected chi connectivity index (χ3v) is 3.65. The molecule has 1 aliphatic rings. The first kappa shape index (κ1) is 13.4. The van der Waals surface area contributed by atoms with Crippen LogP contribution in [0.4, 0.5) is 0 Å². The van der Waals surface area contributed by atoms with Gasteiger partial charge < -0.3 is 10.0 Å². The van der Waals surface area contributed by atoms with Gasteiger partial charge in [-0.25, -0.2) is 4.68 Å². The minimum absolute atomic E-state index is 0.214. The number of hydrogen-bond acceptors (Lipinski definition) is 3. The van der Waals surface area contributed by atoms with Crippen LogP contribution in [-0.2, 0) is 4.79 Å². The number of likely N-dealkylation sites (tertiary alicyclic amines) is 1. The van der Waals surface area contributed by atoms with Crippen molar-refractivity contribution in [3.63, 3.8) is 0 Å². The Labute approximate surface area is 121 Å². The molecular weight excluding hydrogens is 270 g/mol. The fourth-order valence-electron chi connectivity index (χ4n) is 2.47. The average Bonchev–Trinajstić information content (AvgIpc) is 3.17. The van der Waals surface area contributed by atoms with E-state index in [4.69, 9.17) is 5.11 Å². The minimum Gasteiger partial charge on any atom is -0.481 e. The van der Waals surface area contributed by atoms with E-state index in [1.54, 1.807) is 21.8 Å². The molecule has 1 unspecified atom stereocenters. The molecule has 1 atom stereocenters. The molecule has 0 bridgehead atoms. The van der Waals surface area contributed by atoms with E-state index in [0.29, 0.717) is 18.7 Å². The zero-order valence-corrected chi connectivity index (χ0v) is 11.3. The summed E-state index contributed by atoms with van der Waals surface area (Å²) >= 11 is 0. The largest absolute Gasteiger partial charge is 0.481 e. The molecule has 0 aliphatic carbocycles. The Balaban J connectivity index is 1.75. The maximum absolute atomic E-state index is 12.3. The van der Waals surface area contributed by atoms with E-state index in [1.165, 1.54) is 0 Å². The van der Waals surface area contributed by atoms with Crippen molar-refractivity contribution in [3.8, 4) is 5.69 Å². The number of aliphatic carboxylic acids is 1. The smallest absolute Gasteiger partial charge is 0.308 e. The van der Waals surface area contributed by atoms with Crippen molar-refractivity contribution in [2.45, 2.75) is 6.42 Å². The van der Waals surface area contributed by atoms with E-state index in [0.717, 1.165) is 5.69 Å². The first-order chi connectivity index (χ1) is 10.1. The molecule has 1 aliphatic heterocycles. The van der Waals surface area contributed by atoms with Crippen molar-refractivity contribution in [1.82, 2.24) is 14.7 Å². The molecule has 6 nitrogen and oxygen atoms in total. The molecule has 3 rings (SSSR count). The Kier molecular flexibility index (Phi) is 3.43. The lowest BCUT2D eigenvalue weighted by molar-refractivity contribution is -0.141. The quantitative estimate of drug-likeness (QED) is 0.925. The Hall–Kier alpha value is -2.63. The summed E-state index contributed by atoms with van der Waals surface area (Å²) in [5.74, 6) is -1.53. The first-order valence-corrected chi connectivity index (χ1v) is 6.78. The molecule has 1 fully saturated rings. The predicted octanol–water partition coefficient (Wildman–Crippen LogP) is 1.42. The number of amides is 1. The second-order valence-corrected chi connectivity index (χ2v) is 5.06. The van der Waals surface area contributed by atoms with Gasteiger partial charge in [0.15, 0.2) is 5.69 Å². The lowest BCUT2D eigenvalue weighted by Gasteiger charge is -2.13. The molecule has 1 N–H and O–H groups in total. The van der Waals surface area contributed by atoms with E-state index < -0.39 is 11.9 Å². The second-order valence-electron chi connectivity index (χ2n) is 5.06. The van der Waals surface area contributed by atoms with Crippen molar-refractivity contribution in [3.05, 3.63) is 48.3 Å². The third kappa shape index (κ3) is 2.65. The highest BCUT2D eigenvalue weighted by Gasteiger charge is 2.32. The molecule has 21 heavy (non-hydrogen) atoms. The van der Waals surface area contributed by atoms with Crippen molar-refractivity contribution >= 4 is 11.9 Å². The molecular formula is C15H15N3O3. The number of carbonyl (C=O) groups is 2. The molecule has 0 spiro atoms. The summed E-state index contributed by atoms with van der Waals surface area (Å²) in [5, 5.41) is 13.3. The van der Waals surface area contributed by atoms with Gasteiger partial charge in [0.1, 0.15) is 0 Å². The van der Waals surface area contributed by atoms with Gasteiger partial charge in [-0.3, -0.25) is 9.59 Å². The summed E-state index contributed by atoms with van der Waals surface area (Å²) in [6, 6.07) is 11.2. The van der Waals surface area contributed by atoms with Gasteiger partial charge in [0.25, 0.3) is 5.91 Å². The Morgan fingerprint density at radius 2 is 1.95 bits per heavy atom. The number of carbonyl (C=O) groups excluding carboxylic acids is 1. The van der Waals surface area contributed by atoms with Crippen LogP contribution in [0.1, 0.15) is 16.9 Å². The predicted molar refractivity (Wildman–Crippen MR) is 75.2 cm³/mol. The number of para-hydroxylation sites is 1. The van der Waals surface area contributed by atoms with Gasteiger partial charge >= 0.3 is 5.97 Å². The van der Waals surface area contributed by atoms with Crippen LogP contribution in [0.15, 0.2) is 42.6 Å². The lowest BCUT2D eigenvalue weighted by atomic mass is 10.1. The van der Waals surface area contributed by atoms with Gasteiger partial charge in [0.2, 0.25) is 0 Å². The van der Waals surface area contributed by atoms with Crippen LogP contribution in [0, 0.1) is 5.92 Å². The summed E-state index contributed by atoms with van der Waals surface area (Å²) in [6.07, 6.45) is 2.23. The van der Waals surface area contributed by atoms with E-state index >= 15 is 0 Å². The number of benzene rings is 1. The van der Waals surface area contributed by atoms with E-state index in [2.05, 4.69) is 5.10 Å². The molecule has 1 amide bonds. The van der Waals surface area contributed by atoms with Crippen molar-refractivity contribution < 1.29 is 14.7 Å². The zero-order valence-electron chi connectivity index (χ0n) is 11.3. The molecule has 108 valence electrons. The summed E-state index contributed by atoms with van der Waals surface area (Å²) < 4.78 is 1.64. The summed E-state index contributed by atoms with van der Waals surface area (Å²) in [4.78, 5) is 24.8. The van der Waals surface area contributed by atoms with Crippen molar-refractivity contribution in [1.29, 1.82) is 0 Å². The van der Waals surface area contributed by atoms with Crippen molar-refractivity contribution in [2.75, 3.05) is 13.1 Å². The minimum atomic E-state index is -0.847. The summed E-state index contributed by atoms with van der Waals surface area (Å²) in [5.41, 5.74) is 1.21. The molecule has 0 radical (unpaired) electrons. The van der Waals surface area contributed by atoms with E-state index in [-0.39, 0.29) is 12.5 Å². The van der Waals surface area contributed by atoms with Crippen LogP contribution in [0.5, 0.6) is 0 Å². The van der Waals surface area contributed by atoms with Crippen LogP contribution >= 0.6 is 0 Å². The molecule has 6 heteroatoms. The van der Waals surface area contributed by atoms with E-state index in [9.17, 15) is 9.59 Å². The zero-order chi connectivity index (χ0) is 14.8. The van der Waals surface area contributed by atoms with E-state index in [1.807, 2.05) is 30.3 Å². The van der Waals surface area contributed by atoms with Crippen molar-refractivity contribution in [2.24, 2.45) is 5.92 Å². The maximum atomic E-state index is 12.3. The fourth-order valence-corrected chi connectivity index (χ4v) is 2.47. The fraction of sp³-hybridized carbons (Fsp3) is 0.267. The normalized spacial score (nSPS) is 17.9. The summed E-state index contributed by atoms with van der Waals surface area (Å²) in [7, 11) is 0. The Morgan fingerprint density at radius 1 is 1.19 bits per heavy atom. The molecule has 1 aromatic carbocycles. The SMILES string of the molecule is O=C(O)C1CCN(C(=O)c2ccn(-c3ccccc3)n2)C1. The van der Waals surface area contributed by atoms with Gasteiger partial charge in [-0.2, -0.15) is 5.10 Å². The van der Waals surface area contributed by atoms with Gasteiger partial charge in [-0.15, -0.1) is 0 Å². The number of rotatable bonds is 3. The van der Waals surface area contributed by atoms with Gasteiger partial charge in [0.05, 0.1) is 11.6 Å². The second kappa shape index (κ2) is 5.40. The highest BCUT2D eigenvalue weighted by Crippen LogP contribution is 2.18. The first-order valence-electron chi connectivity index (χ1n) is 6.78. The van der Waals surface area contributed by atoms with Crippen LogP contribution in [-0.4, -0.2) is 44.8 Å². The Morgan fingerprint density at radius 3 is 2.62 bits per heavy atom. The van der Waals surface area contributed by atoms with Gasteiger partial charge in [0, 0.05) is 19.3 Å². The maximum Gasteiger partial charge on any atom is 0.308 e. The average molecular weight is 285 g/mol.